The van der Waals surface area contributed by atoms with Gasteiger partial charge in [-0.05, 0) is 49.2 Å². The summed E-state index contributed by atoms with van der Waals surface area (Å²) in [6, 6.07) is 7.36. The number of aromatic nitrogens is 1. The predicted molar refractivity (Wildman–Crippen MR) is 97.0 cm³/mol. The van der Waals surface area contributed by atoms with Gasteiger partial charge in [0.2, 0.25) is 0 Å². The maximum absolute atomic E-state index is 12.4. The topological polar surface area (TPSA) is 63.2 Å². The van der Waals surface area contributed by atoms with Crippen molar-refractivity contribution < 1.29 is 22.7 Å². The van der Waals surface area contributed by atoms with Crippen LogP contribution in [0.2, 0.25) is 5.02 Å². The zero-order valence-corrected chi connectivity index (χ0v) is 15.3. The third kappa shape index (κ3) is 6.97. The van der Waals surface area contributed by atoms with Crippen LogP contribution in [0.15, 0.2) is 36.5 Å². The number of hydrogen-bond donors (Lipinski definition) is 2. The lowest BCUT2D eigenvalue weighted by molar-refractivity contribution is -0.137. The van der Waals surface area contributed by atoms with Crippen LogP contribution < -0.4 is 15.4 Å². The number of alkyl halides is 3. The summed E-state index contributed by atoms with van der Waals surface area (Å²) in [5, 5.41) is 6.19. The van der Waals surface area contributed by atoms with E-state index in [4.69, 9.17) is 16.3 Å². The average Bonchev–Trinajstić information content (AvgIpc) is 2.60. The van der Waals surface area contributed by atoms with Gasteiger partial charge in [-0.3, -0.25) is 4.79 Å². The predicted octanol–water partition coefficient (Wildman–Crippen LogP) is 4.06. The Morgan fingerprint density at radius 3 is 2.63 bits per heavy atom. The Balaban J connectivity index is 1.63. The molecule has 146 valence electrons. The second-order valence-corrected chi connectivity index (χ2v) is 6.20. The van der Waals surface area contributed by atoms with E-state index < -0.39 is 11.7 Å². The number of carbonyl (C=O) groups is 1. The van der Waals surface area contributed by atoms with Crippen LogP contribution in [0.4, 0.5) is 19.0 Å². The highest BCUT2D eigenvalue weighted by molar-refractivity contribution is 6.30. The fourth-order valence-electron chi connectivity index (χ4n) is 2.17. The second-order valence-electron chi connectivity index (χ2n) is 5.76. The SMILES string of the molecule is Cc1cc(Cl)ccc1OCC(=O)NCCCNc1ccc(C(F)(F)F)cn1. The molecule has 1 amide bonds. The van der Waals surface area contributed by atoms with E-state index in [0.717, 1.165) is 17.8 Å². The first-order valence-electron chi connectivity index (χ1n) is 8.18. The highest BCUT2D eigenvalue weighted by Crippen LogP contribution is 2.28. The molecule has 1 aromatic carbocycles. The Bertz CT molecular complexity index is 767. The number of rotatable bonds is 8. The summed E-state index contributed by atoms with van der Waals surface area (Å²) in [6.45, 7) is 2.57. The Morgan fingerprint density at radius 1 is 1.22 bits per heavy atom. The zero-order valence-electron chi connectivity index (χ0n) is 14.6. The minimum atomic E-state index is -4.40. The number of aryl methyl sites for hydroxylation is 1. The first-order chi connectivity index (χ1) is 12.8. The average molecular weight is 402 g/mol. The molecule has 0 radical (unpaired) electrons. The molecule has 1 heterocycles. The maximum atomic E-state index is 12.4. The third-order valence-electron chi connectivity index (χ3n) is 3.57. The lowest BCUT2D eigenvalue weighted by atomic mass is 10.2. The molecule has 5 nitrogen and oxygen atoms in total. The van der Waals surface area contributed by atoms with Crippen molar-refractivity contribution in [3.05, 3.63) is 52.7 Å². The molecule has 0 bridgehead atoms. The van der Waals surface area contributed by atoms with Gasteiger partial charge in [-0.2, -0.15) is 13.2 Å². The summed E-state index contributed by atoms with van der Waals surface area (Å²) < 4.78 is 42.8. The van der Waals surface area contributed by atoms with Gasteiger partial charge in [0.05, 0.1) is 5.56 Å². The number of nitrogens with zero attached hydrogens (tertiary/aromatic N) is 1. The normalized spacial score (nSPS) is 11.1. The molecule has 0 aliphatic rings. The monoisotopic (exact) mass is 401 g/mol. The van der Waals surface area contributed by atoms with Gasteiger partial charge in [0.1, 0.15) is 11.6 Å². The highest BCUT2D eigenvalue weighted by Gasteiger charge is 2.30. The van der Waals surface area contributed by atoms with Crippen LogP contribution in [0.1, 0.15) is 17.5 Å². The number of halogens is 4. The molecule has 27 heavy (non-hydrogen) atoms. The minimum absolute atomic E-state index is 0.115. The van der Waals surface area contributed by atoms with E-state index in [0.29, 0.717) is 36.1 Å². The van der Waals surface area contributed by atoms with Gasteiger partial charge in [0.15, 0.2) is 6.61 Å². The molecule has 0 aliphatic carbocycles. The summed E-state index contributed by atoms with van der Waals surface area (Å²) in [5.41, 5.74) is 0.0415. The van der Waals surface area contributed by atoms with E-state index in [-0.39, 0.29) is 12.5 Å². The molecule has 0 unspecified atom stereocenters. The summed E-state index contributed by atoms with van der Waals surface area (Å²) in [4.78, 5) is 15.5. The molecule has 2 N–H and O–H groups in total. The van der Waals surface area contributed by atoms with Crippen LogP contribution in [0.5, 0.6) is 5.75 Å². The fourth-order valence-corrected chi connectivity index (χ4v) is 2.39. The van der Waals surface area contributed by atoms with Crippen molar-refractivity contribution >= 4 is 23.3 Å². The van der Waals surface area contributed by atoms with Crippen molar-refractivity contribution in [2.24, 2.45) is 0 Å². The number of hydrogen-bond acceptors (Lipinski definition) is 4. The van der Waals surface area contributed by atoms with E-state index in [2.05, 4.69) is 15.6 Å². The number of nitrogens with one attached hydrogen (secondary N) is 2. The van der Waals surface area contributed by atoms with E-state index in [1.807, 2.05) is 6.92 Å². The minimum Gasteiger partial charge on any atom is -0.484 e. The second kappa shape index (κ2) is 9.45. The number of carbonyl (C=O) groups excluding carboxylic acids is 1. The number of amides is 1. The van der Waals surface area contributed by atoms with Crippen molar-refractivity contribution in [2.45, 2.75) is 19.5 Å². The van der Waals surface area contributed by atoms with Crippen molar-refractivity contribution in [1.82, 2.24) is 10.3 Å². The standard InChI is InChI=1S/C18H19ClF3N3O2/c1-12-9-14(19)4-5-15(12)27-11-17(26)24-8-2-7-23-16-6-3-13(10-25-16)18(20,21)22/h3-6,9-10H,2,7-8,11H2,1H3,(H,23,25)(H,24,26). The number of anilines is 1. The Labute approximate surface area is 159 Å². The van der Waals surface area contributed by atoms with E-state index in [1.165, 1.54) is 6.07 Å². The first-order valence-corrected chi connectivity index (χ1v) is 8.56. The Morgan fingerprint density at radius 2 is 2.00 bits per heavy atom. The summed E-state index contributed by atoms with van der Waals surface area (Å²) in [5.74, 6) is 0.664. The van der Waals surface area contributed by atoms with Gasteiger partial charge in [-0.15, -0.1) is 0 Å². The van der Waals surface area contributed by atoms with Crippen LogP contribution in [0.25, 0.3) is 0 Å². The number of ether oxygens (including phenoxy) is 1. The molecular formula is C18H19ClF3N3O2. The van der Waals surface area contributed by atoms with Crippen molar-refractivity contribution in [3.63, 3.8) is 0 Å². The Hall–Kier alpha value is -2.48. The fraction of sp³-hybridized carbons (Fsp3) is 0.333. The van der Waals surface area contributed by atoms with Crippen molar-refractivity contribution in [3.8, 4) is 5.75 Å². The lowest BCUT2D eigenvalue weighted by Gasteiger charge is -2.10. The third-order valence-corrected chi connectivity index (χ3v) is 3.80. The van der Waals surface area contributed by atoms with Gasteiger partial charge in [-0.25, -0.2) is 4.98 Å². The van der Waals surface area contributed by atoms with Crippen LogP contribution in [-0.2, 0) is 11.0 Å². The van der Waals surface area contributed by atoms with Crippen LogP contribution in [0, 0.1) is 6.92 Å². The summed E-state index contributed by atoms with van der Waals surface area (Å²) >= 11 is 5.85. The molecule has 9 heteroatoms. The molecule has 1 aromatic heterocycles. The molecular weight excluding hydrogens is 383 g/mol. The first kappa shape index (κ1) is 20.8. The van der Waals surface area contributed by atoms with E-state index >= 15 is 0 Å². The van der Waals surface area contributed by atoms with Crippen molar-refractivity contribution in [2.75, 3.05) is 25.0 Å². The molecule has 0 saturated heterocycles. The number of pyridine rings is 1. The Kier molecular flexibility index (Phi) is 7.29. The molecule has 2 aromatic rings. The van der Waals surface area contributed by atoms with Crippen molar-refractivity contribution in [1.29, 1.82) is 0 Å². The lowest BCUT2D eigenvalue weighted by Crippen LogP contribution is -2.30. The largest absolute Gasteiger partial charge is 0.484 e. The van der Waals surface area contributed by atoms with Gasteiger partial charge in [-0.1, -0.05) is 11.6 Å². The van der Waals surface area contributed by atoms with Gasteiger partial charge in [0, 0.05) is 24.3 Å². The van der Waals surface area contributed by atoms with E-state index in [1.54, 1.807) is 18.2 Å². The molecule has 0 fully saturated rings. The van der Waals surface area contributed by atoms with Gasteiger partial charge in [0.25, 0.3) is 5.91 Å². The maximum Gasteiger partial charge on any atom is 0.417 e. The molecule has 0 aliphatic heterocycles. The van der Waals surface area contributed by atoms with Gasteiger partial charge < -0.3 is 15.4 Å². The smallest absolute Gasteiger partial charge is 0.417 e. The summed E-state index contributed by atoms with van der Waals surface area (Å²) in [7, 11) is 0. The summed E-state index contributed by atoms with van der Waals surface area (Å²) in [6.07, 6.45) is -3.04. The molecule has 0 spiro atoms. The number of benzene rings is 1. The van der Waals surface area contributed by atoms with Crippen LogP contribution in [-0.4, -0.2) is 30.6 Å². The molecule has 0 saturated carbocycles. The van der Waals surface area contributed by atoms with Crippen LogP contribution in [0.3, 0.4) is 0 Å². The van der Waals surface area contributed by atoms with E-state index in [9.17, 15) is 18.0 Å². The van der Waals surface area contributed by atoms with Crippen LogP contribution >= 0.6 is 11.6 Å². The van der Waals surface area contributed by atoms with Gasteiger partial charge >= 0.3 is 6.18 Å². The molecule has 0 atom stereocenters. The molecule has 2 rings (SSSR count). The highest BCUT2D eigenvalue weighted by atomic mass is 35.5. The quantitative estimate of drug-likeness (QED) is 0.655. The zero-order chi connectivity index (χ0) is 19.9.